The van der Waals surface area contributed by atoms with E-state index in [1.165, 1.54) is 19.1 Å². The van der Waals surface area contributed by atoms with E-state index >= 15 is 0 Å². The smallest absolute Gasteiger partial charge is 0.244 e. The summed E-state index contributed by atoms with van der Waals surface area (Å²) in [6.07, 6.45) is 0. The van der Waals surface area contributed by atoms with Gasteiger partial charge in [0.15, 0.2) is 0 Å². The molecule has 0 aliphatic rings. The van der Waals surface area contributed by atoms with Crippen LogP contribution in [0.15, 0.2) is 53.4 Å². The Hall–Kier alpha value is -2.69. The summed E-state index contributed by atoms with van der Waals surface area (Å²) < 4.78 is 26.1. The van der Waals surface area contributed by atoms with Crippen molar-refractivity contribution < 1.29 is 13.2 Å². The maximum atomic E-state index is 12.5. The molecule has 0 aliphatic heterocycles. The second-order valence-corrected chi connectivity index (χ2v) is 7.31. The molecule has 7 heteroatoms. The van der Waals surface area contributed by atoms with Crippen LogP contribution in [0.5, 0.6) is 0 Å². The molecule has 2 rings (SSSR count). The molecular formula is C18H19N3O3S. The van der Waals surface area contributed by atoms with E-state index in [4.69, 9.17) is 5.26 Å². The summed E-state index contributed by atoms with van der Waals surface area (Å²) in [4.78, 5) is 11.2. The van der Waals surface area contributed by atoms with Gasteiger partial charge in [-0.25, -0.2) is 8.42 Å². The quantitative estimate of drug-likeness (QED) is 0.805. The number of anilines is 1. The number of rotatable bonds is 6. The molecule has 25 heavy (non-hydrogen) atoms. The molecule has 0 aromatic heterocycles. The molecule has 0 saturated carbocycles. The fourth-order valence-electron chi connectivity index (χ4n) is 2.36. The van der Waals surface area contributed by atoms with E-state index in [0.717, 1.165) is 15.4 Å². The van der Waals surface area contributed by atoms with E-state index in [9.17, 15) is 13.2 Å². The van der Waals surface area contributed by atoms with Crippen LogP contribution in [-0.2, 0) is 14.8 Å². The Morgan fingerprint density at radius 2 is 1.60 bits per heavy atom. The SMILES string of the molecule is CCN(CC#N)S(=O)(=O)c1ccc(-c2ccc(NC(C)=O)cc2)cc1. The first kappa shape index (κ1) is 18.6. The first-order valence-corrected chi connectivity index (χ1v) is 9.17. The highest BCUT2D eigenvalue weighted by Crippen LogP contribution is 2.24. The van der Waals surface area contributed by atoms with Gasteiger partial charge in [-0.3, -0.25) is 4.79 Å². The van der Waals surface area contributed by atoms with Crippen LogP contribution >= 0.6 is 0 Å². The van der Waals surface area contributed by atoms with Crippen LogP contribution in [0, 0.1) is 11.3 Å². The van der Waals surface area contributed by atoms with Crippen molar-refractivity contribution >= 4 is 21.6 Å². The van der Waals surface area contributed by atoms with Gasteiger partial charge in [0.2, 0.25) is 15.9 Å². The van der Waals surface area contributed by atoms with E-state index in [1.54, 1.807) is 31.2 Å². The molecule has 0 aliphatic carbocycles. The van der Waals surface area contributed by atoms with Gasteiger partial charge in [-0.1, -0.05) is 31.2 Å². The highest BCUT2D eigenvalue weighted by molar-refractivity contribution is 7.89. The van der Waals surface area contributed by atoms with Gasteiger partial charge >= 0.3 is 0 Å². The number of nitrogens with one attached hydrogen (secondary N) is 1. The summed E-state index contributed by atoms with van der Waals surface area (Å²) in [6, 6.07) is 15.7. The lowest BCUT2D eigenvalue weighted by Crippen LogP contribution is -2.31. The van der Waals surface area contributed by atoms with Gasteiger partial charge in [0.1, 0.15) is 6.54 Å². The van der Waals surface area contributed by atoms with Crippen LogP contribution in [0.4, 0.5) is 5.69 Å². The Morgan fingerprint density at radius 3 is 2.04 bits per heavy atom. The molecular weight excluding hydrogens is 338 g/mol. The molecule has 0 radical (unpaired) electrons. The lowest BCUT2D eigenvalue weighted by molar-refractivity contribution is -0.114. The minimum atomic E-state index is -3.67. The van der Waals surface area contributed by atoms with Gasteiger partial charge in [0.05, 0.1) is 11.0 Å². The fraction of sp³-hybridized carbons (Fsp3) is 0.222. The lowest BCUT2D eigenvalue weighted by atomic mass is 10.1. The van der Waals surface area contributed by atoms with Crippen molar-refractivity contribution in [2.45, 2.75) is 18.7 Å². The topological polar surface area (TPSA) is 90.3 Å². The standard InChI is InChI=1S/C18H19N3O3S/c1-3-21(13-12-19)25(23,24)18-10-6-16(7-11-18)15-4-8-17(9-5-15)20-14(2)22/h4-11H,3,13H2,1-2H3,(H,20,22). The summed E-state index contributed by atoms with van der Waals surface area (Å²) in [5.74, 6) is -0.139. The van der Waals surface area contributed by atoms with E-state index in [1.807, 2.05) is 18.2 Å². The Morgan fingerprint density at radius 1 is 1.08 bits per heavy atom. The molecule has 0 spiro atoms. The third-order valence-corrected chi connectivity index (χ3v) is 5.57. The van der Waals surface area contributed by atoms with Crippen LogP contribution in [0.25, 0.3) is 11.1 Å². The Labute approximate surface area is 147 Å². The zero-order valence-electron chi connectivity index (χ0n) is 14.1. The molecule has 1 N–H and O–H groups in total. The summed E-state index contributed by atoms with van der Waals surface area (Å²) >= 11 is 0. The first-order chi connectivity index (χ1) is 11.9. The van der Waals surface area contributed by atoms with Crippen LogP contribution in [0.1, 0.15) is 13.8 Å². The molecule has 2 aromatic carbocycles. The molecule has 0 saturated heterocycles. The predicted octanol–water partition coefficient (Wildman–Crippen LogP) is 2.85. The number of hydrogen-bond donors (Lipinski definition) is 1. The molecule has 0 atom stereocenters. The number of hydrogen-bond acceptors (Lipinski definition) is 4. The van der Waals surface area contributed by atoms with Crippen molar-refractivity contribution in [2.75, 3.05) is 18.4 Å². The highest BCUT2D eigenvalue weighted by atomic mass is 32.2. The summed E-state index contributed by atoms with van der Waals surface area (Å²) in [6.45, 7) is 3.20. The van der Waals surface area contributed by atoms with Crippen molar-refractivity contribution in [1.82, 2.24) is 4.31 Å². The van der Waals surface area contributed by atoms with Crippen LogP contribution < -0.4 is 5.32 Å². The summed E-state index contributed by atoms with van der Waals surface area (Å²) in [5, 5.41) is 11.5. The number of amides is 1. The molecule has 130 valence electrons. The first-order valence-electron chi connectivity index (χ1n) is 7.73. The summed E-state index contributed by atoms with van der Waals surface area (Å²) in [5.41, 5.74) is 2.46. The minimum Gasteiger partial charge on any atom is -0.326 e. The molecule has 0 bridgehead atoms. The third-order valence-electron chi connectivity index (χ3n) is 3.63. The molecule has 0 fully saturated rings. The van der Waals surface area contributed by atoms with Gasteiger partial charge in [0.25, 0.3) is 0 Å². The van der Waals surface area contributed by atoms with Gasteiger partial charge in [0, 0.05) is 19.2 Å². The fourth-order valence-corrected chi connectivity index (χ4v) is 3.71. The van der Waals surface area contributed by atoms with Crippen molar-refractivity contribution in [1.29, 1.82) is 5.26 Å². The molecule has 6 nitrogen and oxygen atoms in total. The van der Waals surface area contributed by atoms with Crippen molar-refractivity contribution in [3.63, 3.8) is 0 Å². The lowest BCUT2D eigenvalue weighted by Gasteiger charge is -2.17. The van der Waals surface area contributed by atoms with Crippen LogP contribution in [-0.4, -0.2) is 31.7 Å². The van der Waals surface area contributed by atoms with Gasteiger partial charge in [-0.15, -0.1) is 0 Å². The average molecular weight is 357 g/mol. The van der Waals surface area contributed by atoms with Crippen molar-refractivity contribution in [3.8, 4) is 17.2 Å². The molecule has 2 aromatic rings. The van der Waals surface area contributed by atoms with Crippen molar-refractivity contribution in [2.24, 2.45) is 0 Å². The monoisotopic (exact) mass is 357 g/mol. The Balaban J connectivity index is 2.25. The largest absolute Gasteiger partial charge is 0.326 e. The molecule has 0 unspecified atom stereocenters. The van der Waals surface area contributed by atoms with Gasteiger partial charge in [-0.2, -0.15) is 9.57 Å². The molecule has 0 heterocycles. The maximum Gasteiger partial charge on any atom is 0.244 e. The van der Waals surface area contributed by atoms with Crippen LogP contribution in [0.2, 0.25) is 0 Å². The van der Waals surface area contributed by atoms with Gasteiger partial charge in [-0.05, 0) is 35.4 Å². The minimum absolute atomic E-state index is 0.139. The highest BCUT2D eigenvalue weighted by Gasteiger charge is 2.22. The Kier molecular flexibility index (Phi) is 5.91. The zero-order valence-corrected chi connectivity index (χ0v) is 14.9. The van der Waals surface area contributed by atoms with E-state index < -0.39 is 10.0 Å². The normalized spacial score (nSPS) is 11.1. The number of benzene rings is 2. The summed E-state index contributed by atoms with van der Waals surface area (Å²) in [7, 11) is -3.67. The second-order valence-electron chi connectivity index (χ2n) is 5.37. The number of nitrogens with zero attached hydrogens (tertiary/aromatic N) is 2. The third kappa shape index (κ3) is 4.44. The number of nitriles is 1. The number of carbonyl (C=O) groups excluding carboxylic acids is 1. The van der Waals surface area contributed by atoms with Crippen LogP contribution in [0.3, 0.4) is 0 Å². The van der Waals surface area contributed by atoms with Gasteiger partial charge < -0.3 is 5.32 Å². The maximum absolute atomic E-state index is 12.5. The predicted molar refractivity (Wildman–Crippen MR) is 96.2 cm³/mol. The average Bonchev–Trinajstić information content (AvgIpc) is 2.60. The second kappa shape index (κ2) is 7.92. The van der Waals surface area contributed by atoms with E-state index in [0.29, 0.717) is 5.69 Å². The van der Waals surface area contributed by atoms with E-state index in [2.05, 4.69) is 5.32 Å². The van der Waals surface area contributed by atoms with E-state index in [-0.39, 0.29) is 23.9 Å². The number of carbonyl (C=O) groups is 1. The number of sulfonamides is 1. The van der Waals surface area contributed by atoms with Crippen molar-refractivity contribution in [3.05, 3.63) is 48.5 Å². The Bertz CT molecular complexity index is 883. The zero-order chi connectivity index (χ0) is 18.4. The molecule has 1 amide bonds.